The number of nitrogens with zero attached hydrogens (tertiary/aromatic N) is 1. The molecule has 0 saturated carbocycles. The lowest BCUT2D eigenvalue weighted by Crippen LogP contribution is -2.32. The molecule has 1 heterocycles. The van der Waals surface area contributed by atoms with Crippen LogP contribution in [0.5, 0.6) is 0 Å². The number of hydrogen-bond donors (Lipinski definition) is 1. The van der Waals surface area contributed by atoms with Crippen LogP contribution in [0.3, 0.4) is 0 Å². The first kappa shape index (κ1) is 18.0. The normalized spacial score (nSPS) is 15.0. The highest BCUT2D eigenvalue weighted by Crippen LogP contribution is 2.56. The van der Waals surface area contributed by atoms with Crippen LogP contribution < -0.4 is 5.73 Å². The summed E-state index contributed by atoms with van der Waals surface area (Å²) in [6, 6.07) is 33.0. The molecule has 29 heavy (non-hydrogen) atoms. The van der Waals surface area contributed by atoms with E-state index in [-0.39, 0.29) is 5.41 Å². The molecule has 0 spiro atoms. The summed E-state index contributed by atoms with van der Waals surface area (Å²) in [5.41, 5.74) is 13.6. The Bertz CT molecular complexity index is 1090. The second-order valence-electron chi connectivity index (χ2n) is 8.10. The zero-order valence-corrected chi connectivity index (χ0v) is 16.8. The minimum atomic E-state index is -0.327. The fourth-order valence-corrected chi connectivity index (χ4v) is 4.97. The molecular weight excluding hydrogens is 352 g/mol. The monoisotopic (exact) mass is 378 g/mol. The molecule has 2 nitrogen and oxygen atoms in total. The summed E-state index contributed by atoms with van der Waals surface area (Å²) in [4.78, 5) is 0. The van der Waals surface area contributed by atoms with Crippen LogP contribution in [0.25, 0.3) is 11.1 Å². The maximum atomic E-state index is 5.99. The van der Waals surface area contributed by atoms with Gasteiger partial charge in [-0.1, -0.05) is 91.9 Å². The molecule has 0 amide bonds. The first-order valence-electron chi connectivity index (χ1n) is 10.4. The van der Waals surface area contributed by atoms with E-state index in [1.807, 2.05) is 0 Å². The van der Waals surface area contributed by atoms with E-state index in [1.165, 1.54) is 33.5 Å². The largest absolute Gasteiger partial charge is 0.349 e. The summed E-state index contributed by atoms with van der Waals surface area (Å²) in [5, 5.41) is 0. The van der Waals surface area contributed by atoms with Crippen molar-refractivity contribution in [1.82, 2.24) is 4.57 Å². The molecule has 2 N–H and O–H groups in total. The van der Waals surface area contributed by atoms with E-state index < -0.39 is 0 Å². The van der Waals surface area contributed by atoms with E-state index in [9.17, 15) is 0 Å². The zero-order valence-electron chi connectivity index (χ0n) is 16.8. The standard InChI is InChI=1S/C27H26N2/c1-20(18-28)19-29-17-16-24-23-14-8-9-15-25(23)27(26(24)29,21-10-4-2-5-11-21)22-12-6-3-7-13-22/h2-17,20H,18-19,28H2,1H3. The van der Waals surface area contributed by atoms with Crippen LogP contribution in [-0.4, -0.2) is 11.1 Å². The number of rotatable bonds is 5. The Morgan fingerprint density at radius 2 is 1.34 bits per heavy atom. The second-order valence-corrected chi connectivity index (χ2v) is 8.10. The average Bonchev–Trinajstić information content (AvgIpc) is 3.32. The average molecular weight is 379 g/mol. The highest BCUT2D eigenvalue weighted by Gasteiger charge is 2.48. The van der Waals surface area contributed by atoms with E-state index in [1.54, 1.807) is 0 Å². The number of fused-ring (bicyclic) bond motifs is 3. The molecule has 0 aliphatic heterocycles. The molecule has 1 aromatic heterocycles. The van der Waals surface area contributed by atoms with Gasteiger partial charge in [0.25, 0.3) is 0 Å². The van der Waals surface area contributed by atoms with Crippen molar-refractivity contribution in [2.75, 3.05) is 6.54 Å². The summed E-state index contributed by atoms with van der Waals surface area (Å²) in [5.74, 6) is 0.416. The van der Waals surface area contributed by atoms with Crippen LogP contribution in [0.2, 0.25) is 0 Å². The van der Waals surface area contributed by atoms with Crippen molar-refractivity contribution in [3.05, 3.63) is 120 Å². The van der Waals surface area contributed by atoms with Crippen LogP contribution in [0, 0.1) is 5.92 Å². The van der Waals surface area contributed by atoms with Crippen molar-refractivity contribution in [2.45, 2.75) is 18.9 Å². The lowest BCUT2D eigenvalue weighted by molar-refractivity contribution is 0.472. The van der Waals surface area contributed by atoms with Gasteiger partial charge in [-0.2, -0.15) is 0 Å². The zero-order chi connectivity index (χ0) is 19.8. The van der Waals surface area contributed by atoms with Gasteiger partial charge in [-0.05, 0) is 40.8 Å². The van der Waals surface area contributed by atoms with Crippen molar-refractivity contribution in [2.24, 2.45) is 11.7 Å². The summed E-state index contributed by atoms with van der Waals surface area (Å²) in [6.45, 7) is 3.83. The summed E-state index contributed by atoms with van der Waals surface area (Å²) >= 11 is 0. The first-order chi connectivity index (χ1) is 14.3. The molecule has 1 unspecified atom stereocenters. The molecule has 0 radical (unpaired) electrons. The van der Waals surface area contributed by atoms with Gasteiger partial charge in [0, 0.05) is 24.0 Å². The van der Waals surface area contributed by atoms with Crippen LogP contribution in [-0.2, 0) is 12.0 Å². The van der Waals surface area contributed by atoms with Crippen LogP contribution in [0.15, 0.2) is 97.2 Å². The van der Waals surface area contributed by atoms with Gasteiger partial charge in [-0.25, -0.2) is 0 Å². The van der Waals surface area contributed by atoms with Crippen LogP contribution >= 0.6 is 0 Å². The molecule has 144 valence electrons. The van der Waals surface area contributed by atoms with Crippen molar-refractivity contribution in [3.63, 3.8) is 0 Å². The Kier molecular flexibility index (Phi) is 4.37. The van der Waals surface area contributed by atoms with Gasteiger partial charge in [-0.15, -0.1) is 0 Å². The molecule has 5 rings (SSSR count). The van der Waals surface area contributed by atoms with Gasteiger partial charge in [0.1, 0.15) is 0 Å². The highest BCUT2D eigenvalue weighted by atomic mass is 15.0. The molecule has 3 aromatic carbocycles. The lowest BCUT2D eigenvalue weighted by atomic mass is 9.69. The number of nitrogens with two attached hydrogens (primary N) is 1. The van der Waals surface area contributed by atoms with E-state index >= 15 is 0 Å². The maximum Gasteiger partial charge on any atom is 0.0866 e. The third-order valence-electron chi connectivity index (χ3n) is 6.26. The molecule has 1 aliphatic rings. The van der Waals surface area contributed by atoms with Gasteiger partial charge in [-0.3, -0.25) is 0 Å². The van der Waals surface area contributed by atoms with Gasteiger partial charge >= 0.3 is 0 Å². The smallest absolute Gasteiger partial charge is 0.0866 e. The number of aromatic nitrogens is 1. The molecule has 1 aliphatic carbocycles. The fraction of sp³-hybridized carbons (Fsp3) is 0.185. The van der Waals surface area contributed by atoms with Gasteiger partial charge in [0.05, 0.1) is 5.41 Å². The highest BCUT2D eigenvalue weighted by molar-refractivity contribution is 5.85. The van der Waals surface area contributed by atoms with Gasteiger partial charge in [0.2, 0.25) is 0 Å². The van der Waals surface area contributed by atoms with E-state index in [4.69, 9.17) is 5.73 Å². The Labute approximate surface area is 172 Å². The van der Waals surface area contributed by atoms with E-state index in [0.717, 1.165) is 6.54 Å². The number of benzene rings is 3. The van der Waals surface area contributed by atoms with Crippen molar-refractivity contribution in [3.8, 4) is 11.1 Å². The Morgan fingerprint density at radius 3 is 1.97 bits per heavy atom. The summed E-state index contributed by atoms with van der Waals surface area (Å²) in [6.07, 6.45) is 2.24. The molecule has 2 heteroatoms. The van der Waals surface area contributed by atoms with Crippen molar-refractivity contribution < 1.29 is 0 Å². The van der Waals surface area contributed by atoms with E-state index in [0.29, 0.717) is 12.5 Å². The SMILES string of the molecule is CC(CN)Cn1ccc2c1C(c1ccccc1)(c1ccccc1)c1ccccc1-2. The van der Waals surface area contributed by atoms with E-state index in [2.05, 4.69) is 109 Å². The molecular formula is C27H26N2. The molecule has 0 bridgehead atoms. The minimum Gasteiger partial charge on any atom is -0.349 e. The Balaban J connectivity index is 1.89. The van der Waals surface area contributed by atoms with Crippen molar-refractivity contribution >= 4 is 0 Å². The van der Waals surface area contributed by atoms with Gasteiger partial charge < -0.3 is 10.3 Å². The third-order valence-corrected chi connectivity index (χ3v) is 6.26. The van der Waals surface area contributed by atoms with Crippen LogP contribution in [0.1, 0.15) is 29.3 Å². The van der Waals surface area contributed by atoms with Crippen molar-refractivity contribution in [1.29, 1.82) is 0 Å². The predicted octanol–water partition coefficient (Wildman–Crippen LogP) is 5.45. The maximum absolute atomic E-state index is 5.99. The van der Waals surface area contributed by atoms with Crippen LogP contribution in [0.4, 0.5) is 0 Å². The Hall–Kier alpha value is -3.10. The third kappa shape index (κ3) is 2.60. The predicted molar refractivity (Wildman–Crippen MR) is 120 cm³/mol. The minimum absolute atomic E-state index is 0.327. The Morgan fingerprint density at radius 1 is 0.759 bits per heavy atom. The number of hydrogen-bond acceptors (Lipinski definition) is 1. The molecule has 0 saturated heterocycles. The summed E-state index contributed by atoms with van der Waals surface area (Å²) < 4.78 is 2.44. The summed E-state index contributed by atoms with van der Waals surface area (Å²) in [7, 11) is 0. The second kappa shape index (κ2) is 7.06. The quantitative estimate of drug-likeness (QED) is 0.433. The molecule has 0 fully saturated rings. The molecule has 1 atom stereocenters. The topological polar surface area (TPSA) is 30.9 Å². The lowest BCUT2D eigenvalue weighted by Gasteiger charge is -2.35. The fourth-order valence-electron chi connectivity index (χ4n) is 4.97. The molecule has 4 aromatic rings. The first-order valence-corrected chi connectivity index (χ1v) is 10.4. The van der Waals surface area contributed by atoms with Gasteiger partial charge in [0.15, 0.2) is 0 Å².